The number of hydrogen-bond acceptors (Lipinski definition) is 2. The van der Waals surface area contributed by atoms with Gasteiger partial charge in [-0.2, -0.15) is 0 Å². The second-order valence-electron chi connectivity index (χ2n) is 13.5. The van der Waals surface area contributed by atoms with E-state index in [1.54, 1.807) is 0 Å². The van der Waals surface area contributed by atoms with Crippen LogP contribution in [-0.2, 0) is 11.8 Å². The Balaban J connectivity index is 1.28. The first kappa shape index (κ1) is 30.6. The molecule has 0 aromatic heterocycles. The molecule has 0 saturated carbocycles. The zero-order chi connectivity index (χ0) is 33.4. The maximum atomic E-state index is 6.90. The van der Waals surface area contributed by atoms with E-state index in [-0.39, 0.29) is 11.6 Å². The summed E-state index contributed by atoms with van der Waals surface area (Å²) in [6.45, 7) is 4.72. The van der Waals surface area contributed by atoms with Gasteiger partial charge in [0, 0.05) is 16.7 Å². The van der Waals surface area contributed by atoms with Crippen molar-refractivity contribution < 1.29 is 0 Å². The molecule has 0 spiro atoms. The summed E-state index contributed by atoms with van der Waals surface area (Å²) < 4.78 is 0. The van der Waals surface area contributed by atoms with Crippen LogP contribution in [0, 0.1) is 0 Å². The minimum absolute atomic E-state index is 0.118. The van der Waals surface area contributed by atoms with Crippen LogP contribution in [0.2, 0.25) is 0 Å². The lowest BCUT2D eigenvalue weighted by Gasteiger charge is -2.23. The van der Waals surface area contributed by atoms with Gasteiger partial charge < -0.3 is 11.1 Å². The van der Waals surface area contributed by atoms with E-state index in [0.717, 1.165) is 23.2 Å². The number of nitrogens with one attached hydrogen (secondary N) is 1. The standard InChI is InChI=1S/C47H40N2/c1-47(2)42-27-15-26-40(45(42)41-30-35-21-9-10-22-36(35)31-43(41)47)38-24-13-14-25-39(38)44(49-46(48)34-19-7-4-8-20-34)29-28-33-18-11-12-23-37(33)32-16-5-3-6-17-32/h3-27,29-31,46,49H,28,48H2,1-2H3/b44-29-. The van der Waals surface area contributed by atoms with Crippen LogP contribution in [0.25, 0.3) is 49.9 Å². The van der Waals surface area contributed by atoms with Gasteiger partial charge in [-0.25, -0.2) is 0 Å². The molecular weight excluding hydrogens is 593 g/mol. The first-order chi connectivity index (χ1) is 24.0. The quantitative estimate of drug-likeness (QED) is 0.164. The first-order valence-corrected chi connectivity index (χ1v) is 17.2. The molecule has 0 fully saturated rings. The first-order valence-electron chi connectivity index (χ1n) is 17.2. The van der Waals surface area contributed by atoms with E-state index < -0.39 is 0 Å². The predicted octanol–water partition coefficient (Wildman–Crippen LogP) is 11.3. The molecule has 1 unspecified atom stereocenters. The molecule has 7 aromatic rings. The molecule has 49 heavy (non-hydrogen) atoms. The van der Waals surface area contributed by atoms with Crippen molar-refractivity contribution in [3.63, 3.8) is 0 Å². The summed E-state index contributed by atoms with van der Waals surface area (Å²) in [5.41, 5.74) is 21.5. The highest BCUT2D eigenvalue weighted by atomic mass is 15.0. The van der Waals surface area contributed by atoms with Gasteiger partial charge in [0.1, 0.15) is 6.17 Å². The molecule has 0 aliphatic heterocycles. The minimum atomic E-state index is -0.377. The van der Waals surface area contributed by atoms with E-state index in [2.05, 4.69) is 171 Å². The van der Waals surface area contributed by atoms with E-state index in [1.807, 2.05) is 18.2 Å². The lowest BCUT2D eigenvalue weighted by Crippen LogP contribution is -2.27. The zero-order valence-electron chi connectivity index (χ0n) is 28.0. The molecule has 2 heteroatoms. The smallest absolute Gasteiger partial charge is 0.101 e. The molecule has 1 atom stereocenters. The Bertz CT molecular complexity index is 2320. The number of benzene rings is 7. The fourth-order valence-electron chi connectivity index (χ4n) is 7.62. The lowest BCUT2D eigenvalue weighted by molar-refractivity contribution is 0.661. The second kappa shape index (κ2) is 12.7. The van der Waals surface area contributed by atoms with Crippen molar-refractivity contribution in [2.75, 3.05) is 0 Å². The molecule has 7 aromatic carbocycles. The van der Waals surface area contributed by atoms with E-state index >= 15 is 0 Å². The van der Waals surface area contributed by atoms with Crippen molar-refractivity contribution in [1.29, 1.82) is 0 Å². The van der Waals surface area contributed by atoms with Crippen LogP contribution >= 0.6 is 0 Å². The largest absolute Gasteiger partial charge is 0.366 e. The number of rotatable bonds is 8. The monoisotopic (exact) mass is 632 g/mol. The van der Waals surface area contributed by atoms with Crippen LogP contribution in [0.15, 0.2) is 170 Å². The number of nitrogens with two attached hydrogens (primary N) is 1. The molecule has 0 heterocycles. The fraction of sp³-hybridized carbons (Fsp3) is 0.106. The van der Waals surface area contributed by atoms with Crippen LogP contribution in [0.3, 0.4) is 0 Å². The normalized spacial score (nSPS) is 13.9. The van der Waals surface area contributed by atoms with Gasteiger partial charge in [-0.15, -0.1) is 0 Å². The molecular formula is C47H40N2. The Morgan fingerprint density at radius 2 is 1.20 bits per heavy atom. The minimum Gasteiger partial charge on any atom is -0.366 e. The van der Waals surface area contributed by atoms with Crippen LogP contribution in [0.1, 0.15) is 47.8 Å². The summed E-state index contributed by atoms with van der Waals surface area (Å²) in [5.74, 6) is 0. The van der Waals surface area contributed by atoms with Crippen molar-refractivity contribution in [2.45, 2.75) is 31.8 Å². The van der Waals surface area contributed by atoms with Gasteiger partial charge in [0.05, 0.1) is 0 Å². The fourth-order valence-corrected chi connectivity index (χ4v) is 7.62. The highest BCUT2D eigenvalue weighted by molar-refractivity contribution is 6.00. The van der Waals surface area contributed by atoms with Gasteiger partial charge >= 0.3 is 0 Å². The average Bonchev–Trinajstić information content (AvgIpc) is 3.38. The van der Waals surface area contributed by atoms with Gasteiger partial charge in [0.2, 0.25) is 0 Å². The van der Waals surface area contributed by atoms with Crippen molar-refractivity contribution in [3.8, 4) is 33.4 Å². The maximum absolute atomic E-state index is 6.90. The summed E-state index contributed by atoms with van der Waals surface area (Å²) in [6, 6.07) is 58.7. The number of fused-ring (bicyclic) bond motifs is 4. The highest BCUT2D eigenvalue weighted by Gasteiger charge is 2.37. The summed E-state index contributed by atoms with van der Waals surface area (Å²) in [4.78, 5) is 0. The molecule has 0 bridgehead atoms. The summed E-state index contributed by atoms with van der Waals surface area (Å²) in [7, 11) is 0. The summed E-state index contributed by atoms with van der Waals surface area (Å²) >= 11 is 0. The molecule has 238 valence electrons. The Hall–Kier alpha value is -5.70. The van der Waals surface area contributed by atoms with Gasteiger partial charge in [-0.3, -0.25) is 0 Å². The van der Waals surface area contributed by atoms with Crippen LogP contribution in [0.5, 0.6) is 0 Å². The lowest BCUT2D eigenvalue weighted by atomic mass is 9.81. The van der Waals surface area contributed by atoms with Gasteiger partial charge in [0.25, 0.3) is 0 Å². The Morgan fingerprint density at radius 3 is 1.98 bits per heavy atom. The molecule has 0 amide bonds. The van der Waals surface area contributed by atoms with Crippen molar-refractivity contribution in [2.24, 2.45) is 5.73 Å². The van der Waals surface area contributed by atoms with Crippen molar-refractivity contribution in [1.82, 2.24) is 5.32 Å². The second-order valence-corrected chi connectivity index (χ2v) is 13.5. The SMILES string of the molecule is CC1(C)c2cc3ccccc3cc2-c2c(-c3ccccc3/C(=C/Cc3ccccc3-c3ccccc3)NC(N)c3ccccc3)cccc21. The Morgan fingerprint density at radius 1 is 0.592 bits per heavy atom. The third kappa shape index (κ3) is 5.65. The molecule has 0 radical (unpaired) electrons. The molecule has 3 N–H and O–H groups in total. The van der Waals surface area contributed by atoms with E-state index in [4.69, 9.17) is 5.73 Å². The van der Waals surface area contributed by atoms with Crippen LogP contribution < -0.4 is 11.1 Å². The van der Waals surface area contributed by atoms with Crippen LogP contribution in [-0.4, -0.2) is 0 Å². The van der Waals surface area contributed by atoms with E-state index in [9.17, 15) is 0 Å². The molecule has 8 rings (SSSR count). The third-order valence-corrected chi connectivity index (χ3v) is 10.2. The van der Waals surface area contributed by atoms with Gasteiger partial charge in [-0.05, 0) is 85.0 Å². The summed E-state index contributed by atoms with van der Waals surface area (Å²) in [6.07, 6.45) is 2.69. The zero-order valence-corrected chi connectivity index (χ0v) is 28.0. The van der Waals surface area contributed by atoms with Crippen molar-refractivity contribution >= 4 is 16.5 Å². The topological polar surface area (TPSA) is 38.0 Å². The number of hydrogen-bond donors (Lipinski definition) is 2. The predicted molar refractivity (Wildman–Crippen MR) is 207 cm³/mol. The molecule has 2 nitrogen and oxygen atoms in total. The maximum Gasteiger partial charge on any atom is 0.101 e. The van der Waals surface area contributed by atoms with E-state index in [0.29, 0.717) is 0 Å². The highest BCUT2D eigenvalue weighted by Crippen LogP contribution is 2.53. The molecule has 1 aliphatic rings. The third-order valence-electron chi connectivity index (χ3n) is 10.2. The van der Waals surface area contributed by atoms with E-state index in [1.165, 1.54) is 60.8 Å². The average molecular weight is 633 g/mol. The Labute approximate surface area is 289 Å². The van der Waals surface area contributed by atoms with Crippen LogP contribution in [0.4, 0.5) is 0 Å². The number of allylic oxidation sites excluding steroid dienone is 1. The molecule has 0 saturated heterocycles. The van der Waals surface area contributed by atoms with Gasteiger partial charge in [0.15, 0.2) is 0 Å². The summed E-state index contributed by atoms with van der Waals surface area (Å²) in [5, 5.41) is 6.30. The van der Waals surface area contributed by atoms with Gasteiger partial charge in [-0.1, -0.05) is 172 Å². The molecule has 1 aliphatic carbocycles. The Kier molecular flexibility index (Phi) is 7.95. The van der Waals surface area contributed by atoms with Crippen molar-refractivity contribution in [3.05, 3.63) is 198 Å².